The predicted molar refractivity (Wildman–Crippen MR) is 185 cm³/mol. The van der Waals surface area contributed by atoms with Crippen LogP contribution in [-0.4, -0.2) is 29.0 Å². The zero-order chi connectivity index (χ0) is 30.7. The molecule has 2 unspecified atom stereocenters. The molecule has 2 atom stereocenters. The largest absolute Gasteiger partial charge is 0.437 e. The van der Waals surface area contributed by atoms with Crippen LogP contribution in [0.4, 0.5) is 0 Å². The van der Waals surface area contributed by atoms with Gasteiger partial charge in [-0.05, 0) is 98.2 Å². The summed E-state index contributed by atoms with van der Waals surface area (Å²) in [6.07, 6.45) is 5.47. The summed E-state index contributed by atoms with van der Waals surface area (Å²) >= 11 is 0. The lowest BCUT2D eigenvalue weighted by Gasteiger charge is -2.33. The van der Waals surface area contributed by atoms with Gasteiger partial charge in [0.05, 0.1) is 29.7 Å². The van der Waals surface area contributed by atoms with Crippen molar-refractivity contribution < 1.29 is 4.42 Å². The second kappa shape index (κ2) is 10.7. The third-order valence-corrected chi connectivity index (χ3v) is 9.36. The molecule has 4 heteroatoms. The van der Waals surface area contributed by atoms with E-state index in [1.54, 1.807) is 0 Å². The number of nitrogens with zero attached hydrogens (tertiary/aromatic N) is 3. The molecule has 7 rings (SSSR count). The van der Waals surface area contributed by atoms with Crippen LogP contribution in [0.1, 0.15) is 56.8 Å². The van der Waals surface area contributed by atoms with Crippen LogP contribution in [0.2, 0.25) is 0 Å². The SMILES string of the molecule is C=CC1=NC2C(=C)C/N=C(/C=C)c3c(cc(C)c4c3oc3nc(-c5c(C)cc(C)cc5C)ccc34)CCC2c2ccccc21. The van der Waals surface area contributed by atoms with Crippen LogP contribution in [0.15, 0.2) is 106 Å². The first-order chi connectivity index (χ1) is 21.3. The predicted octanol–water partition coefficient (Wildman–Crippen LogP) is 9.50. The summed E-state index contributed by atoms with van der Waals surface area (Å²) in [6, 6.07) is 19.5. The maximum absolute atomic E-state index is 6.72. The third-order valence-electron chi connectivity index (χ3n) is 9.36. The number of pyridine rings is 1. The fourth-order valence-corrected chi connectivity index (χ4v) is 7.52. The lowest BCUT2D eigenvalue weighted by Crippen LogP contribution is -2.29. The Bertz CT molecular complexity index is 2080. The maximum atomic E-state index is 6.72. The minimum atomic E-state index is -0.0541. The summed E-state index contributed by atoms with van der Waals surface area (Å²) in [5, 5.41) is 2.10. The van der Waals surface area contributed by atoms with Gasteiger partial charge in [0.1, 0.15) is 5.58 Å². The normalized spacial score (nSPS) is 19.4. The fraction of sp³-hybridized carbons (Fsp3) is 0.225. The summed E-state index contributed by atoms with van der Waals surface area (Å²) < 4.78 is 6.72. The molecule has 0 saturated carbocycles. The van der Waals surface area contributed by atoms with Gasteiger partial charge in [0.25, 0.3) is 0 Å². The number of aryl methyl sites for hydroxylation is 5. The van der Waals surface area contributed by atoms with Crippen molar-refractivity contribution in [3.63, 3.8) is 0 Å². The van der Waals surface area contributed by atoms with Crippen molar-refractivity contribution in [3.8, 4) is 11.3 Å². The van der Waals surface area contributed by atoms with E-state index >= 15 is 0 Å². The van der Waals surface area contributed by atoms with E-state index in [4.69, 9.17) is 19.4 Å². The number of hydrogen-bond acceptors (Lipinski definition) is 4. The van der Waals surface area contributed by atoms with Crippen LogP contribution in [0, 0.1) is 27.7 Å². The molecular formula is C40H37N3O. The summed E-state index contributed by atoms with van der Waals surface area (Å²) in [5.41, 5.74) is 15.8. The highest BCUT2D eigenvalue weighted by Gasteiger charge is 2.33. The van der Waals surface area contributed by atoms with E-state index in [1.807, 2.05) is 12.2 Å². The van der Waals surface area contributed by atoms with E-state index in [1.165, 1.54) is 33.4 Å². The Labute approximate surface area is 259 Å². The molecular weight excluding hydrogens is 538 g/mol. The Hall–Kier alpha value is -4.83. The fourth-order valence-electron chi connectivity index (χ4n) is 7.52. The van der Waals surface area contributed by atoms with Crippen LogP contribution < -0.4 is 0 Å². The molecule has 0 saturated heterocycles. The maximum Gasteiger partial charge on any atom is 0.227 e. The second-order valence-corrected chi connectivity index (χ2v) is 12.3. The monoisotopic (exact) mass is 575 g/mol. The lowest BCUT2D eigenvalue weighted by atomic mass is 9.77. The lowest BCUT2D eigenvalue weighted by molar-refractivity contribution is 0.536. The molecule has 2 aliphatic heterocycles. The minimum absolute atomic E-state index is 0.0541. The highest BCUT2D eigenvalue weighted by molar-refractivity contribution is 6.20. The number of furan rings is 1. The van der Waals surface area contributed by atoms with Gasteiger partial charge in [0.15, 0.2) is 0 Å². The van der Waals surface area contributed by atoms with E-state index in [-0.39, 0.29) is 12.0 Å². The van der Waals surface area contributed by atoms with Gasteiger partial charge in [-0.3, -0.25) is 9.98 Å². The third kappa shape index (κ3) is 4.40. The minimum Gasteiger partial charge on any atom is -0.437 e. The molecule has 0 spiro atoms. The molecule has 4 heterocycles. The molecule has 0 amide bonds. The molecule has 0 N–H and O–H groups in total. The van der Waals surface area contributed by atoms with Gasteiger partial charge in [-0.2, -0.15) is 0 Å². The molecule has 0 radical (unpaired) electrons. The van der Waals surface area contributed by atoms with Crippen molar-refractivity contribution in [2.75, 3.05) is 6.54 Å². The molecule has 0 fully saturated rings. The first-order valence-electron chi connectivity index (χ1n) is 15.4. The second-order valence-electron chi connectivity index (χ2n) is 12.3. The molecule has 2 aromatic heterocycles. The molecule has 5 aromatic rings. The van der Waals surface area contributed by atoms with Crippen molar-refractivity contribution in [2.45, 2.75) is 52.5 Å². The van der Waals surface area contributed by atoms with Gasteiger partial charge in [-0.25, -0.2) is 4.98 Å². The number of aromatic nitrogens is 1. The van der Waals surface area contributed by atoms with Crippen LogP contribution in [0.3, 0.4) is 0 Å². The van der Waals surface area contributed by atoms with E-state index in [2.05, 4.69) is 102 Å². The first kappa shape index (κ1) is 28.0. The van der Waals surface area contributed by atoms with Crippen LogP contribution in [-0.2, 0) is 6.42 Å². The Morgan fingerprint density at radius 3 is 2.36 bits per heavy atom. The number of hydrogen-bond donors (Lipinski definition) is 0. The highest BCUT2D eigenvalue weighted by atomic mass is 16.3. The number of rotatable bonds is 3. The van der Waals surface area contributed by atoms with Crippen molar-refractivity contribution >= 4 is 33.5 Å². The number of fused-ring (bicyclic) bond motifs is 8. The smallest absolute Gasteiger partial charge is 0.227 e. The molecule has 4 nitrogen and oxygen atoms in total. The Morgan fingerprint density at radius 2 is 1.61 bits per heavy atom. The van der Waals surface area contributed by atoms with Crippen LogP contribution in [0.5, 0.6) is 0 Å². The molecule has 3 aromatic carbocycles. The Balaban J connectivity index is 1.41. The van der Waals surface area contributed by atoms with Gasteiger partial charge >= 0.3 is 0 Å². The average Bonchev–Trinajstić information content (AvgIpc) is 3.39. The molecule has 0 aliphatic carbocycles. The van der Waals surface area contributed by atoms with Gasteiger partial charge in [0.2, 0.25) is 5.71 Å². The number of benzene rings is 3. The number of aliphatic imine (C=N–C) groups is 2. The summed E-state index contributed by atoms with van der Waals surface area (Å²) in [4.78, 5) is 15.3. The standard InChI is InChI=1S/C40H37N3O/c1-8-32-29-13-11-10-12-28(29)30-15-14-27-20-25(6)36-31-16-17-34(35-23(4)18-22(3)19-24(35)5)43-40(31)44-39(36)37(27)33(9-2)41-21-26(7)38(30)42-32/h8-13,16-20,30,38H,1-2,7,14-15,21H2,3-6H3/b41-33-. The zero-order valence-corrected chi connectivity index (χ0v) is 26.0. The molecule has 2 aliphatic rings. The Kier molecular flexibility index (Phi) is 6.81. The van der Waals surface area contributed by atoms with Crippen molar-refractivity contribution in [1.29, 1.82) is 0 Å². The summed E-state index contributed by atoms with van der Waals surface area (Å²) in [5.74, 6) is 0.202. The van der Waals surface area contributed by atoms with Crippen LogP contribution in [0.25, 0.3) is 33.3 Å². The average molecular weight is 576 g/mol. The Morgan fingerprint density at radius 1 is 0.864 bits per heavy atom. The zero-order valence-electron chi connectivity index (χ0n) is 26.0. The van der Waals surface area contributed by atoms with Gasteiger partial charge in [-0.1, -0.05) is 67.8 Å². The van der Waals surface area contributed by atoms with Gasteiger partial charge < -0.3 is 4.42 Å². The molecule has 44 heavy (non-hydrogen) atoms. The van der Waals surface area contributed by atoms with Crippen molar-refractivity contribution in [3.05, 3.63) is 137 Å². The van der Waals surface area contributed by atoms with E-state index < -0.39 is 0 Å². The quantitative estimate of drug-likeness (QED) is 0.201. The first-order valence-corrected chi connectivity index (χ1v) is 15.4. The van der Waals surface area contributed by atoms with Gasteiger partial charge in [-0.15, -0.1) is 0 Å². The molecule has 218 valence electrons. The topological polar surface area (TPSA) is 50.8 Å². The molecule has 0 bridgehead atoms. The van der Waals surface area contributed by atoms with E-state index in [9.17, 15) is 0 Å². The van der Waals surface area contributed by atoms with Crippen molar-refractivity contribution in [2.24, 2.45) is 9.98 Å². The van der Waals surface area contributed by atoms with Gasteiger partial charge in [0, 0.05) is 33.4 Å². The van der Waals surface area contributed by atoms with Crippen molar-refractivity contribution in [1.82, 2.24) is 4.98 Å². The van der Waals surface area contributed by atoms with E-state index in [0.29, 0.717) is 12.3 Å². The number of allylic oxidation sites excluding steroid dienone is 2. The van der Waals surface area contributed by atoms with E-state index in [0.717, 1.165) is 68.6 Å². The van der Waals surface area contributed by atoms with Crippen LogP contribution >= 0.6 is 0 Å². The summed E-state index contributed by atoms with van der Waals surface area (Å²) in [7, 11) is 0. The highest BCUT2D eigenvalue weighted by Crippen LogP contribution is 2.41. The summed E-state index contributed by atoms with van der Waals surface area (Å²) in [6.45, 7) is 21.8.